The van der Waals surface area contributed by atoms with Crippen LogP contribution in [0.5, 0.6) is 0 Å². The molecule has 0 amide bonds. The molecule has 0 spiro atoms. The summed E-state index contributed by atoms with van der Waals surface area (Å²) < 4.78 is 86.9. The van der Waals surface area contributed by atoms with Crippen LogP contribution in [0.15, 0.2) is 0 Å². The minimum atomic E-state index is -4.91. The van der Waals surface area contributed by atoms with Crippen LogP contribution in [-0.2, 0) is 30.1 Å². The van der Waals surface area contributed by atoms with Gasteiger partial charge in [-0.3, -0.25) is 0 Å². The van der Waals surface area contributed by atoms with Gasteiger partial charge in [-0.25, -0.2) is 39.4 Å². The number of nitriles is 3. The van der Waals surface area contributed by atoms with Gasteiger partial charge in [0.05, 0.1) is 18.2 Å². The van der Waals surface area contributed by atoms with Crippen molar-refractivity contribution in [3.8, 4) is 18.2 Å². The van der Waals surface area contributed by atoms with Gasteiger partial charge in [-0.05, 0) is 44.9 Å². The molecule has 0 atom stereocenters. The number of sulfonamides is 3. The van der Waals surface area contributed by atoms with Crippen LogP contribution < -0.4 is 14.2 Å². The Balaban J connectivity index is 5.30. The summed E-state index contributed by atoms with van der Waals surface area (Å²) in [7, 11) is -14.7. The fourth-order valence-electron chi connectivity index (χ4n) is 6.12. The Kier molecular flexibility index (Phi) is 29.6. The molecule has 0 fully saturated rings. The molecule has 0 aromatic carbocycles. The highest BCUT2D eigenvalue weighted by Gasteiger charge is 2.64. The molecule has 0 heterocycles. The fourth-order valence-corrected chi connectivity index (χ4v) is 13.7. The highest BCUT2D eigenvalue weighted by atomic mass is 32.3. The molecule has 0 unspecified atom stereocenters. The van der Waals surface area contributed by atoms with E-state index in [-0.39, 0.29) is 19.6 Å². The maximum absolute atomic E-state index is 13.8. The van der Waals surface area contributed by atoms with Gasteiger partial charge < -0.3 is 0 Å². The Hall–Kier alpha value is -1.80. The van der Waals surface area contributed by atoms with Crippen LogP contribution in [-0.4, -0.2) is 48.3 Å². The van der Waals surface area contributed by atoms with E-state index in [2.05, 4.69) is 32.4 Å². The van der Waals surface area contributed by atoms with Crippen molar-refractivity contribution in [2.45, 2.75) is 190 Å². The van der Waals surface area contributed by atoms with Crippen LogP contribution >= 0.6 is 0 Å². The lowest BCUT2D eigenvalue weighted by Gasteiger charge is -2.31. The Bertz CT molecular complexity index is 1180. The van der Waals surface area contributed by atoms with Crippen molar-refractivity contribution in [3.63, 3.8) is 0 Å². The first-order valence-corrected chi connectivity index (χ1v) is 24.0. The van der Waals surface area contributed by atoms with E-state index in [4.69, 9.17) is 15.8 Å². The van der Waals surface area contributed by atoms with Crippen molar-refractivity contribution in [3.05, 3.63) is 0 Å². The normalized spacial score (nSPS) is 12.4. The van der Waals surface area contributed by atoms with E-state index < -0.39 is 39.9 Å². The molecule has 0 aliphatic carbocycles. The number of rotatable bonds is 37. The molecule has 0 saturated heterocycles. The quantitative estimate of drug-likeness (QED) is 0.0523. The van der Waals surface area contributed by atoms with E-state index in [0.29, 0.717) is 38.5 Å². The standard InChI is InChI=1S/C36H68N6O6S3/c1-2-36(49(43,44)40-33-27-21-15-9-3-6-12-18-24-30-37,50(45,46)41-34-28-22-16-10-4-7-13-19-25-31-38)51(47,48)42-35-29-23-17-11-5-8-14-20-26-32-39/h40-42H,2-29,33-35H2,1H3. The molecular formula is C36H68N6O6S3. The van der Waals surface area contributed by atoms with Crippen molar-refractivity contribution in [2.24, 2.45) is 0 Å². The second kappa shape index (κ2) is 30.6. The molecule has 15 heteroatoms. The topological polar surface area (TPSA) is 210 Å². The lowest BCUT2D eigenvalue weighted by atomic mass is 10.1. The minimum Gasteiger partial charge on any atom is -0.213 e. The summed E-state index contributed by atoms with van der Waals surface area (Å²) in [5.74, 6) is 0. The van der Waals surface area contributed by atoms with E-state index in [1.54, 1.807) is 0 Å². The van der Waals surface area contributed by atoms with E-state index in [9.17, 15) is 25.3 Å². The van der Waals surface area contributed by atoms with Crippen molar-refractivity contribution in [1.82, 2.24) is 14.2 Å². The lowest BCUT2D eigenvalue weighted by Crippen LogP contribution is -2.63. The average Bonchev–Trinajstić information content (AvgIpc) is 3.08. The van der Waals surface area contributed by atoms with Crippen LogP contribution in [0.2, 0.25) is 0 Å². The zero-order chi connectivity index (χ0) is 38.2. The zero-order valence-electron chi connectivity index (χ0n) is 31.4. The van der Waals surface area contributed by atoms with E-state index in [0.717, 1.165) is 135 Å². The minimum absolute atomic E-state index is 0.0652. The Morgan fingerprint density at radius 1 is 0.373 bits per heavy atom. The van der Waals surface area contributed by atoms with Crippen LogP contribution in [0, 0.1) is 34.0 Å². The predicted molar refractivity (Wildman–Crippen MR) is 205 cm³/mol. The first kappa shape index (κ1) is 49.2. The molecule has 0 rings (SSSR count). The lowest BCUT2D eigenvalue weighted by molar-refractivity contribution is 0.518. The Labute approximate surface area is 312 Å². The SMILES string of the molecule is CCC(S(=O)(=O)NCCCCCCCCCCC#N)(S(=O)(=O)NCCCCCCCCCCC#N)S(=O)(=O)NCCCCCCCCCCC#N. The Morgan fingerprint density at radius 2 is 0.569 bits per heavy atom. The summed E-state index contributed by atoms with van der Waals surface area (Å²) in [5, 5.41) is 25.9. The van der Waals surface area contributed by atoms with E-state index in [1.165, 1.54) is 6.92 Å². The van der Waals surface area contributed by atoms with Gasteiger partial charge >= 0.3 is 3.41 Å². The number of hydrogen-bond donors (Lipinski definition) is 3. The van der Waals surface area contributed by atoms with Gasteiger partial charge in [0.2, 0.25) is 30.1 Å². The maximum Gasteiger partial charge on any atom is 0.312 e. The summed E-state index contributed by atoms with van der Waals surface area (Å²) in [5.41, 5.74) is 0. The van der Waals surface area contributed by atoms with Crippen LogP contribution in [0.25, 0.3) is 0 Å². The largest absolute Gasteiger partial charge is 0.312 e. The molecule has 0 radical (unpaired) electrons. The monoisotopic (exact) mass is 776 g/mol. The highest BCUT2D eigenvalue weighted by Crippen LogP contribution is 2.33. The molecule has 51 heavy (non-hydrogen) atoms. The van der Waals surface area contributed by atoms with Crippen molar-refractivity contribution in [2.75, 3.05) is 19.6 Å². The highest BCUT2D eigenvalue weighted by molar-refractivity contribution is 8.24. The molecule has 0 aliphatic rings. The number of hydrogen-bond acceptors (Lipinski definition) is 9. The third-order valence-corrected chi connectivity index (χ3v) is 18.2. The average molecular weight is 777 g/mol. The number of nitrogens with zero attached hydrogens (tertiary/aromatic N) is 3. The molecule has 3 N–H and O–H groups in total. The second-order valence-corrected chi connectivity index (χ2v) is 20.2. The van der Waals surface area contributed by atoms with Crippen molar-refractivity contribution in [1.29, 1.82) is 15.8 Å². The van der Waals surface area contributed by atoms with Gasteiger partial charge in [0, 0.05) is 38.9 Å². The second-order valence-electron chi connectivity index (χ2n) is 13.4. The van der Waals surface area contributed by atoms with Crippen molar-refractivity contribution < 1.29 is 25.3 Å². The molecule has 0 saturated carbocycles. The first-order chi connectivity index (χ1) is 24.5. The summed E-state index contributed by atoms with van der Waals surface area (Å²) in [4.78, 5) is 0. The molecule has 0 aliphatic heterocycles. The van der Waals surface area contributed by atoms with Crippen LogP contribution in [0.3, 0.4) is 0 Å². The first-order valence-electron chi connectivity index (χ1n) is 19.6. The molecule has 0 bridgehead atoms. The van der Waals surface area contributed by atoms with Gasteiger partial charge in [0.1, 0.15) is 0 Å². The summed E-state index contributed by atoms with van der Waals surface area (Å²) >= 11 is 0. The van der Waals surface area contributed by atoms with E-state index >= 15 is 0 Å². The number of unbranched alkanes of at least 4 members (excludes halogenated alkanes) is 24. The van der Waals surface area contributed by atoms with Crippen LogP contribution in [0.1, 0.15) is 187 Å². The summed E-state index contributed by atoms with van der Waals surface area (Å²) in [6.45, 7) is 1.08. The molecule has 0 aromatic rings. The molecule has 296 valence electrons. The Morgan fingerprint density at radius 3 is 0.765 bits per heavy atom. The van der Waals surface area contributed by atoms with Crippen molar-refractivity contribution >= 4 is 30.1 Å². The molecular weight excluding hydrogens is 709 g/mol. The summed E-state index contributed by atoms with van der Waals surface area (Å²) in [6.07, 6.45) is 21.9. The van der Waals surface area contributed by atoms with Gasteiger partial charge in [0.15, 0.2) is 0 Å². The van der Waals surface area contributed by atoms with Gasteiger partial charge in [-0.1, -0.05) is 122 Å². The van der Waals surface area contributed by atoms with Crippen LogP contribution in [0.4, 0.5) is 0 Å². The predicted octanol–water partition coefficient (Wildman–Crippen LogP) is 7.91. The molecule has 0 aromatic heterocycles. The zero-order valence-corrected chi connectivity index (χ0v) is 33.9. The van der Waals surface area contributed by atoms with Gasteiger partial charge in [-0.2, -0.15) is 15.8 Å². The van der Waals surface area contributed by atoms with Gasteiger partial charge in [0.25, 0.3) is 0 Å². The number of nitrogens with one attached hydrogen (secondary N) is 3. The summed E-state index contributed by atoms with van der Waals surface area (Å²) in [6, 6.07) is 6.42. The third kappa shape index (κ3) is 20.9. The third-order valence-electron chi connectivity index (χ3n) is 9.18. The molecule has 12 nitrogen and oxygen atoms in total. The van der Waals surface area contributed by atoms with Gasteiger partial charge in [-0.15, -0.1) is 0 Å². The maximum atomic E-state index is 13.8. The fraction of sp³-hybridized carbons (Fsp3) is 0.917. The smallest absolute Gasteiger partial charge is 0.213 e. The van der Waals surface area contributed by atoms with E-state index in [1.807, 2.05) is 0 Å².